The molecule has 1 aromatic heterocycles. The first-order valence-electron chi connectivity index (χ1n) is 8.43. The largest absolute Gasteiger partial charge is 0.488 e. The number of thiol groups is 1. The van der Waals surface area contributed by atoms with E-state index < -0.39 is 10.5 Å². The van der Waals surface area contributed by atoms with Gasteiger partial charge in [-0.05, 0) is 62.7 Å². The van der Waals surface area contributed by atoms with Crippen molar-refractivity contribution in [3.8, 4) is 17.0 Å². The molecule has 0 saturated carbocycles. The Bertz CT molecular complexity index is 873. The SMILES string of the molecule is Cn1c(-c2ccc(OC(C)(C)CC(C)(O)S)cc2)cc2ccccc21. The molecule has 3 nitrogen and oxygen atoms in total. The topological polar surface area (TPSA) is 34.4 Å². The third-order valence-electron chi connectivity index (χ3n) is 4.26. The Labute approximate surface area is 154 Å². The normalized spacial score (nSPS) is 14.5. The van der Waals surface area contributed by atoms with Gasteiger partial charge in [0.05, 0.1) is 0 Å². The number of hydrogen-bond acceptors (Lipinski definition) is 3. The number of hydrogen-bond donors (Lipinski definition) is 2. The molecule has 0 fully saturated rings. The molecule has 0 aliphatic heterocycles. The minimum atomic E-state index is -1.06. The van der Waals surface area contributed by atoms with E-state index in [2.05, 4.69) is 66.7 Å². The zero-order valence-electron chi connectivity index (χ0n) is 15.2. The van der Waals surface area contributed by atoms with E-state index in [0.717, 1.165) is 11.3 Å². The van der Waals surface area contributed by atoms with Gasteiger partial charge >= 0.3 is 0 Å². The Morgan fingerprint density at radius 2 is 1.68 bits per heavy atom. The standard InChI is InChI=1S/C21H25NO2S/c1-20(2,14-21(3,23)25)24-17-11-9-15(10-12-17)19-13-16-7-5-6-8-18(16)22(19)4/h5-13,23,25H,14H2,1-4H3. The van der Waals surface area contributed by atoms with E-state index in [-0.39, 0.29) is 0 Å². The number of aliphatic hydroxyl groups is 1. The van der Waals surface area contributed by atoms with Crippen LogP contribution in [0.25, 0.3) is 22.2 Å². The van der Waals surface area contributed by atoms with Gasteiger partial charge < -0.3 is 14.4 Å². The summed E-state index contributed by atoms with van der Waals surface area (Å²) < 4.78 is 8.24. The van der Waals surface area contributed by atoms with E-state index in [4.69, 9.17) is 4.74 Å². The van der Waals surface area contributed by atoms with Crippen molar-refractivity contribution in [2.24, 2.45) is 7.05 Å². The summed E-state index contributed by atoms with van der Waals surface area (Å²) in [7, 11) is 2.08. The number of fused-ring (bicyclic) bond motifs is 1. The third kappa shape index (κ3) is 4.20. The summed E-state index contributed by atoms with van der Waals surface area (Å²) in [5.41, 5.74) is 3.03. The molecule has 1 atom stereocenters. The number of benzene rings is 2. The van der Waals surface area contributed by atoms with Gasteiger partial charge in [0.25, 0.3) is 0 Å². The summed E-state index contributed by atoms with van der Waals surface area (Å²) in [4.78, 5) is -1.06. The van der Waals surface area contributed by atoms with Crippen molar-refractivity contribution in [1.29, 1.82) is 0 Å². The van der Waals surface area contributed by atoms with E-state index >= 15 is 0 Å². The van der Waals surface area contributed by atoms with Crippen molar-refractivity contribution >= 4 is 23.5 Å². The predicted octanol–water partition coefficient (Wildman–Crippen LogP) is 5.03. The lowest BCUT2D eigenvalue weighted by atomic mass is 10.0. The van der Waals surface area contributed by atoms with Crippen LogP contribution in [-0.2, 0) is 7.05 Å². The molecule has 0 amide bonds. The van der Waals surface area contributed by atoms with Crippen LogP contribution in [0.3, 0.4) is 0 Å². The summed E-state index contributed by atoms with van der Waals surface area (Å²) in [6.45, 7) is 5.58. The molecule has 132 valence electrons. The van der Waals surface area contributed by atoms with Crippen LogP contribution in [0.4, 0.5) is 0 Å². The first-order chi connectivity index (χ1) is 11.6. The fraction of sp³-hybridized carbons (Fsp3) is 0.333. The van der Waals surface area contributed by atoms with Crippen LogP contribution in [0, 0.1) is 0 Å². The lowest BCUT2D eigenvalue weighted by Gasteiger charge is -2.31. The number of ether oxygens (including phenoxy) is 1. The highest BCUT2D eigenvalue weighted by atomic mass is 32.1. The molecule has 1 N–H and O–H groups in total. The fourth-order valence-corrected chi connectivity index (χ4v) is 3.80. The molecule has 3 rings (SSSR count). The van der Waals surface area contributed by atoms with Crippen LogP contribution < -0.4 is 4.74 Å². The van der Waals surface area contributed by atoms with Crippen molar-refractivity contribution in [2.45, 2.75) is 37.7 Å². The van der Waals surface area contributed by atoms with Crippen LogP contribution in [0.5, 0.6) is 5.75 Å². The zero-order valence-corrected chi connectivity index (χ0v) is 16.0. The minimum absolute atomic E-state index is 0.425. The zero-order chi connectivity index (χ0) is 18.2. The molecular weight excluding hydrogens is 330 g/mol. The molecule has 0 aliphatic rings. The average molecular weight is 356 g/mol. The molecule has 0 saturated heterocycles. The Hall–Kier alpha value is -1.91. The van der Waals surface area contributed by atoms with E-state index in [1.807, 2.05) is 26.0 Å². The van der Waals surface area contributed by atoms with Crippen LogP contribution in [0.1, 0.15) is 27.2 Å². The predicted molar refractivity (Wildman–Crippen MR) is 107 cm³/mol. The highest BCUT2D eigenvalue weighted by Gasteiger charge is 2.29. The van der Waals surface area contributed by atoms with Crippen LogP contribution in [0.2, 0.25) is 0 Å². The molecule has 1 unspecified atom stereocenters. The molecule has 0 spiro atoms. The maximum atomic E-state index is 9.91. The molecule has 0 aliphatic carbocycles. The maximum Gasteiger partial charge on any atom is 0.120 e. The smallest absolute Gasteiger partial charge is 0.120 e. The second-order valence-electron chi connectivity index (χ2n) is 7.43. The van der Waals surface area contributed by atoms with Gasteiger partial charge in [-0.1, -0.05) is 18.2 Å². The Morgan fingerprint density at radius 3 is 2.28 bits per heavy atom. The number of para-hydroxylation sites is 1. The van der Waals surface area contributed by atoms with E-state index in [1.165, 1.54) is 16.6 Å². The summed E-state index contributed by atoms with van der Waals surface area (Å²) in [6.07, 6.45) is 0.425. The molecule has 3 aromatic rings. The van der Waals surface area contributed by atoms with Crippen molar-refractivity contribution in [1.82, 2.24) is 4.57 Å². The number of aryl methyl sites for hydroxylation is 1. The number of nitrogens with zero attached hydrogens (tertiary/aromatic N) is 1. The van der Waals surface area contributed by atoms with Gasteiger partial charge in [0.15, 0.2) is 0 Å². The number of rotatable bonds is 5. The molecule has 4 heteroatoms. The minimum Gasteiger partial charge on any atom is -0.488 e. The van der Waals surface area contributed by atoms with Gasteiger partial charge in [0.2, 0.25) is 0 Å². The van der Waals surface area contributed by atoms with Gasteiger partial charge in [-0.2, -0.15) is 0 Å². The van der Waals surface area contributed by atoms with Crippen molar-refractivity contribution < 1.29 is 9.84 Å². The van der Waals surface area contributed by atoms with Crippen molar-refractivity contribution in [3.63, 3.8) is 0 Å². The van der Waals surface area contributed by atoms with Gasteiger partial charge in [-0.25, -0.2) is 0 Å². The first kappa shape index (κ1) is 17.9. The van der Waals surface area contributed by atoms with Crippen LogP contribution in [0.15, 0.2) is 54.6 Å². The lowest BCUT2D eigenvalue weighted by molar-refractivity contribution is 0.0307. The monoisotopic (exact) mass is 355 g/mol. The quantitative estimate of drug-likeness (QED) is 0.497. The van der Waals surface area contributed by atoms with Gasteiger partial charge in [0, 0.05) is 30.1 Å². The molecule has 2 aromatic carbocycles. The van der Waals surface area contributed by atoms with Gasteiger partial charge in [0.1, 0.15) is 16.3 Å². The Morgan fingerprint density at radius 1 is 1.04 bits per heavy atom. The summed E-state index contributed by atoms with van der Waals surface area (Å²) >= 11 is 4.19. The highest BCUT2D eigenvalue weighted by molar-refractivity contribution is 7.81. The van der Waals surface area contributed by atoms with Crippen molar-refractivity contribution in [3.05, 3.63) is 54.6 Å². The van der Waals surface area contributed by atoms with E-state index in [1.54, 1.807) is 6.92 Å². The third-order valence-corrected chi connectivity index (χ3v) is 4.41. The van der Waals surface area contributed by atoms with Crippen LogP contribution in [-0.4, -0.2) is 20.2 Å². The Kier molecular flexibility index (Phi) is 4.60. The number of aromatic nitrogens is 1. The Balaban J connectivity index is 1.83. The highest BCUT2D eigenvalue weighted by Crippen LogP contribution is 2.31. The fourth-order valence-electron chi connectivity index (χ4n) is 3.42. The molecule has 0 bridgehead atoms. The summed E-state index contributed by atoms with van der Waals surface area (Å²) in [5, 5.41) is 11.1. The second-order valence-corrected chi connectivity index (χ2v) is 8.39. The van der Waals surface area contributed by atoms with Crippen molar-refractivity contribution in [2.75, 3.05) is 0 Å². The maximum absolute atomic E-state index is 9.91. The van der Waals surface area contributed by atoms with E-state index in [9.17, 15) is 5.11 Å². The van der Waals surface area contributed by atoms with Gasteiger partial charge in [-0.15, -0.1) is 12.6 Å². The van der Waals surface area contributed by atoms with Gasteiger partial charge in [-0.3, -0.25) is 0 Å². The summed E-state index contributed by atoms with van der Waals surface area (Å²) in [5.74, 6) is 0.782. The lowest BCUT2D eigenvalue weighted by Crippen LogP contribution is -2.36. The average Bonchev–Trinajstić information content (AvgIpc) is 2.83. The molecular formula is C21H25NO2S. The molecule has 1 heterocycles. The summed E-state index contributed by atoms with van der Waals surface area (Å²) in [6, 6.07) is 18.7. The molecule has 0 radical (unpaired) electrons. The second kappa shape index (κ2) is 6.43. The van der Waals surface area contributed by atoms with Crippen LogP contribution >= 0.6 is 12.6 Å². The first-order valence-corrected chi connectivity index (χ1v) is 8.88. The molecule has 25 heavy (non-hydrogen) atoms. The van der Waals surface area contributed by atoms with E-state index in [0.29, 0.717) is 6.42 Å².